The Morgan fingerprint density at radius 1 is 1.55 bits per heavy atom. The number of piperidine rings is 1. The zero-order valence-electron chi connectivity index (χ0n) is 11.3. The molecular weight excluding hydrogens is 394 g/mol. The molecule has 1 aromatic rings. The Morgan fingerprint density at radius 2 is 2.25 bits per heavy atom. The van der Waals surface area contributed by atoms with Crippen molar-refractivity contribution < 1.29 is 9.18 Å². The first-order chi connectivity index (χ1) is 8.99. The summed E-state index contributed by atoms with van der Waals surface area (Å²) < 4.78 is 14.0. The Balaban J connectivity index is 0.00000200. The van der Waals surface area contributed by atoms with Crippen molar-refractivity contribution in [2.45, 2.75) is 25.8 Å². The van der Waals surface area contributed by atoms with Crippen LogP contribution >= 0.6 is 35.0 Å². The van der Waals surface area contributed by atoms with Crippen molar-refractivity contribution in [3.05, 3.63) is 33.1 Å². The third-order valence-electron chi connectivity index (χ3n) is 3.66. The van der Waals surface area contributed by atoms with Crippen LogP contribution in [-0.2, 0) is 0 Å². The van der Waals surface area contributed by atoms with Crippen LogP contribution < -0.4 is 5.73 Å². The molecule has 1 heterocycles. The van der Waals surface area contributed by atoms with Crippen molar-refractivity contribution in [2.75, 3.05) is 13.1 Å². The van der Waals surface area contributed by atoms with E-state index in [9.17, 15) is 9.18 Å². The van der Waals surface area contributed by atoms with Crippen molar-refractivity contribution in [2.24, 2.45) is 11.7 Å². The number of amides is 1. The predicted molar refractivity (Wildman–Crippen MR) is 88.6 cm³/mol. The number of nitrogens with zero attached hydrogens (tertiary/aromatic N) is 1. The minimum atomic E-state index is -0.341. The van der Waals surface area contributed by atoms with Crippen LogP contribution in [0.25, 0.3) is 0 Å². The van der Waals surface area contributed by atoms with Gasteiger partial charge in [0.15, 0.2) is 0 Å². The van der Waals surface area contributed by atoms with E-state index in [1.807, 2.05) is 29.5 Å². The predicted octanol–water partition coefficient (Wildman–Crippen LogP) is 3.05. The van der Waals surface area contributed by atoms with Gasteiger partial charge in [-0.15, -0.1) is 12.4 Å². The number of nitrogens with two attached hydrogens (primary N) is 1. The summed E-state index contributed by atoms with van der Waals surface area (Å²) in [7, 11) is 0. The van der Waals surface area contributed by atoms with Gasteiger partial charge in [0.2, 0.25) is 0 Å². The van der Waals surface area contributed by atoms with Gasteiger partial charge in [-0.1, -0.05) is 0 Å². The van der Waals surface area contributed by atoms with Gasteiger partial charge in [0.25, 0.3) is 5.91 Å². The molecular formula is C14H19ClFIN2O. The van der Waals surface area contributed by atoms with Gasteiger partial charge in [0.05, 0.1) is 0 Å². The molecule has 2 rings (SSSR count). The minimum Gasteiger partial charge on any atom is -0.338 e. The number of hydrogen-bond donors (Lipinski definition) is 1. The van der Waals surface area contributed by atoms with E-state index in [4.69, 9.17) is 5.73 Å². The van der Waals surface area contributed by atoms with Crippen LogP contribution in [0.3, 0.4) is 0 Å². The van der Waals surface area contributed by atoms with Crippen LogP contribution in [0.4, 0.5) is 4.39 Å². The fourth-order valence-corrected chi connectivity index (χ4v) is 2.77. The van der Waals surface area contributed by atoms with E-state index in [2.05, 4.69) is 0 Å². The van der Waals surface area contributed by atoms with E-state index < -0.39 is 0 Å². The maximum absolute atomic E-state index is 13.5. The summed E-state index contributed by atoms with van der Waals surface area (Å²) in [6.07, 6.45) is 2.02. The zero-order chi connectivity index (χ0) is 14.0. The molecule has 112 valence electrons. The molecule has 0 saturated carbocycles. The number of rotatable bonds is 2. The molecule has 2 atom stereocenters. The summed E-state index contributed by atoms with van der Waals surface area (Å²) in [5, 5.41) is 0. The number of carbonyl (C=O) groups excluding carboxylic acids is 1. The molecule has 0 bridgehead atoms. The smallest absolute Gasteiger partial charge is 0.253 e. The molecule has 20 heavy (non-hydrogen) atoms. The second-order valence-corrected chi connectivity index (χ2v) is 6.30. The summed E-state index contributed by atoms with van der Waals surface area (Å²) in [5.74, 6) is -0.0979. The van der Waals surface area contributed by atoms with Crippen LogP contribution in [0.5, 0.6) is 0 Å². The van der Waals surface area contributed by atoms with Gasteiger partial charge in [-0.05, 0) is 66.5 Å². The molecule has 1 saturated heterocycles. The lowest BCUT2D eigenvalue weighted by Crippen LogP contribution is -2.45. The van der Waals surface area contributed by atoms with Gasteiger partial charge >= 0.3 is 0 Å². The second kappa shape index (κ2) is 7.56. The molecule has 1 aliphatic rings. The molecule has 6 heteroatoms. The summed E-state index contributed by atoms with van der Waals surface area (Å²) >= 11 is 1.91. The molecule has 1 aliphatic heterocycles. The topological polar surface area (TPSA) is 46.3 Å². The van der Waals surface area contributed by atoms with Crippen LogP contribution in [0, 0.1) is 15.3 Å². The van der Waals surface area contributed by atoms with E-state index >= 15 is 0 Å². The van der Waals surface area contributed by atoms with E-state index in [-0.39, 0.29) is 30.2 Å². The van der Waals surface area contributed by atoms with Crippen molar-refractivity contribution >= 4 is 40.9 Å². The average Bonchev–Trinajstić information content (AvgIpc) is 2.41. The first-order valence-electron chi connectivity index (χ1n) is 6.49. The van der Waals surface area contributed by atoms with Gasteiger partial charge in [-0.25, -0.2) is 4.39 Å². The summed E-state index contributed by atoms with van der Waals surface area (Å²) in [6, 6.07) is 4.72. The number of carbonyl (C=O) groups is 1. The van der Waals surface area contributed by atoms with Gasteiger partial charge < -0.3 is 10.6 Å². The highest BCUT2D eigenvalue weighted by atomic mass is 127. The van der Waals surface area contributed by atoms with Crippen LogP contribution in [0.2, 0.25) is 0 Å². The Morgan fingerprint density at radius 3 is 2.85 bits per heavy atom. The second-order valence-electron chi connectivity index (χ2n) is 5.14. The largest absolute Gasteiger partial charge is 0.338 e. The standard InChI is InChI=1S/C14H18FIN2O.ClH/c1-9(17)11-3-2-6-18(8-11)14(19)10-4-5-13(16)12(15)7-10;/h4-5,7,9,11H,2-3,6,8,17H2,1H3;1H. The van der Waals surface area contributed by atoms with Gasteiger partial charge in [0.1, 0.15) is 5.82 Å². The van der Waals surface area contributed by atoms with E-state index in [1.54, 1.807) is 17.0 Å². The Labute approximate surface area is 138 Å². The van der Waals surface area contributed by atoms with Crippen LogP contribution in [0.1, 0.15) is 30.1 Å². The first-order valence-corrected chi connectivity index (χ1v) is 7.57. The molecule has 1 fully saturated rings. The number of benzene rings is 1. The molecule has 3 nitrogen and oxygen atoms in total. The normalized spacial score (nSPS) is 20.2. The van der Waals surface area contributed by atoms with Gasteiger partial charge in [-0.2, -0.15) is 0 Å². The highest BCUT2D eigenvalue weighted by Crippen LogP contribution is 2.21. The Hall–Kier alpha value is -0.400. The lowest BCUT2D eigenvalue weighted by Gasteiger charge is -2.34. The van der Waals surface area contributed by atoms with E-state index in [1.165, 1.54) is 6.07 Å². The third kappa shape index (κ3) is 4.05. The first kappa shape index (κ1) is 17.7. The van der Waals surface area contributed by atoms with Crippen molar-refractivity contribution in [3.63, 3.8) is 0 Å². The van der Waals surface area contributed by atoms with Crippen molar-refractivity contribution in [3.8, 4) is 0 Å². The quantitative estimate of drug-likeness (QED) is 0.759. The molecule has 0 radical (unpaired) electrons. The number of halogens is 3. The fourth-order valence-electron chi connectivity index (χ4n) is 2.44. The maximum Gasteiger partial charge on any atom is 0.253 e. The van der Waals surface area contributed by atoms with E-state index in [0.717, 1.165) is 19.4 Å². The van der Waals surface area contributed by atoms with Crippen LogP contribution in [0.15, 0.2) is 18.2 Å². The molecule has 1 amide bonds. The van der Waals surface area contributed by atoms with Crippen molar-refractivity contribution in [1.82, 2.24) is 4.90 Å². The monoisotopic (exact) mass is 412 g/mol. The minimum absolute atomic E-state index is 0. The lowest BCUT2D eigenvalue weighted by molar-refractivity contribution is 0.0660. The number of likely N-dealkylation sites (tertiary alicyclic amines) is 1. The fraction of sp³-hybridized carbons (Fsp3) is 0.500. The zero-order valence-corrected chi connectivity index (χ0v) is 14.3. The lowest BCUT2D eigenvalue weighted by atomic mass is 9.92. The highest BCUT2D eigenvalue weighted by Gasteiger charge is 2.26. The average molecular weight is 413 g/mol. The summed E-state index contributed by atoms with van der Waals surface area (Å²) in [5.41, 5.74) is 6.33. The SMILES string of the molecule is CC(N)C1CCCN(C(=O)c2ccc(I)c(F)c2)C1.Cl. The maximum atomic E-state index is 13.5. The summed E-state index contributed by atoms with van der Waals surface area (Å²) in [4.78, 5) is 14.1. The Kier molecular flexibility index (Phi) is 6.68. The number of hydrogen-bond acceptors (Lipinski definition) is 2. The molecule has 1 aromatic carbocycles. The third-order valence-corrected chi connectivity index (χ3v) is 4.53. The highest BCUT2D eigenvalue weighted by molar-refractivity contribution is 14.1. The van der Waals surface area contributed by atoms with Crippen molar-refractivity contribution in [1.29, 1.82) is 0 Å². The Bertz CT molecular complexity index is 484. The molecule has 2 unspecified atom stereocenters. The van der Waals surface area contributed by atoms with Gasteiger partial charge in [0, 0.05) is 28.3 Å². The molecule has 0 aromatic heterocycles. The summed E-state index contributed by atoms with van der Waals surface area (Å²) in [6.45, 7) is 3.38. The molecule has 2 N–H and O–H groups in total. The van der Waals surface area contributed by atoms with Gasteiger partial charge in [-0.3, -0.25) is 4.79 Å². The molecule has 0 aliphatic carbocycles. The van der Waals surface area contributed by atoms with E-state index in [0.29, 0.717) is 21.6 Å². The molecule has 0 spiro atoms. The van der Waals surface area contributed by atoms with Crippen LogP contribution in [-0.4, -0.2) is 29.9 Å².